The predicted octanol–water partition coefficient (Wildman–Crippen LogP) is 2.00. The first-order valence-corrected chi connectivity index (χ1v) is 7.69. The Hall–Kier alpha value is -1.47. The molecule has 3 amide bonds. The van der Waals surface area contributed by atoms with E-state index in [1.54, 1.807) is 12.4 Å². The Bertz CT molecular complexity index is 587. The molecule has 0 saturated carbocycles. The summed E-state index contributed by atoms with van der Waals surface area (Å²) in [5.74, 6) is 0.121. The molecule has 0 radical (unpaired) electrons. The highest BCUT2D eigenvalue weighted by atomic mass is 79.9. The van der Waals surface area contributed by atoms with Crippen molar-refractivity contribution in [1.82, 2.24) is 10.3 Å². The average Bonchev–Trinajstić information content (AvgIpc) is 3.04. The van der Waals surface area contributed by atoms with Gasteiger partial charge in [0.15, 0.2) is 0 Å². The monoisotopic (exact) mass is 353 g/mol. The largest absolute Gasteiger partial charge is 0.381 e. The molecule has 2 aliphatic heterocycles. The Balaban J connectivity index is 1.81. The number of pyridine rings is 1. The van der Waals surface area contributed by atoms with Crippen LogP contribution in [0.15, 0.2) is 16.9 Å². The summed E-state index contributed by atoms with van der Waals surface area (Å²) in [6.07, 6.45) is 4.75. The second-order valence-corrected chi connectivity index (χ2v) is 6.26. The summed E-state index contributed by atoms with van der Waals surface area (Å²) >= 11 is 3.37. The zero-order valence-electron chi connectivity index (χ0n) is 11.6. The van der Waals surface area contributed by atoms with Gasteiger partial charge in [0.1, 0.15) is 6.04 Å². The number of imide groups is 1. The van der Waals surface area contributed by atoms with E-state index in [2.05, 4.69) is 26.2 Å². The normalized spacial score (nSPS) is 25.5. The minimum atomic E-state index is -0.470. The van der Waals surface area contributed by atoms with Crippen LogP contribution in [0.1, 0.15) is 18.4 Å². The third-order valence-corrected chi connectivity index (χ3v) is 4.78. The molecular formula is C14H16BrN3O3. The van der Waals surface area contributed by atoms with Crippen LogP contribution in [0.5, 0.6) is 0 Å². The fourth-order valence-corrected chi connectivity index (χ4v) is 3.06. The highest BCUT2D eigenvalue weighted by Crippen LogP contribution is 2.29. The third kappa shape index (κ3) is 2.67. The van der Waals surface area contributed by atoms with Crippen molar-refractivity contribution in [3.05, 3.63) is 22.4 Å². The van der Waals surface area contributed by atoms with Gasteiger partial charge in [0.05, 0.1) is 11.9 Å². The number of ether oxygens (including phenoxy) is 1. The number of halogens is 1. The van der Waals surface area contributed by atoms with Crippen molar-refractivity contribution in [2.75, 3.05) is 18.1 Å². The van der Waals surface area contributed by atoms with Gasteiger partial charge in [0, 0.05) is 23.9 Å². The molecule has 0 aliphatic carbocycles. The number of carbonyl (C=O) groups excluding carboxylic acids is 2. The number of nitrogens with zero attached hydrogens (tertiary/aromatic N) is 2. The van der Waals surface area contributed by atoms with Crippen LogP contribution in [0, 0.1) is 12.8 Å². The van der Waals surface area contributed by atoms with Crippen LogP contribution >= 0.6 is 15.9 Å². The van der Waals surface area contributed by atoms with Gasteiger partial charge in [-0.05, 0) is 47.2 Å². The van der Waals surface area contributed by atoms with E-state index in [4.69, 9.17) is 4.74 Å². The molecule has 2 atom stereocenters. The molecule has 2 fully saturated rings. The van der Waals surface area contributed by atoms with E-state index in [-0.39, 0.29) is 11.9 Å². The van der Waals surface area contributed by atoms with E-state index in [0.29, 0.717) is 24.6 Å². The first-order chi connectivity index (χ1) is 10.1. The van der Waals surface area contributed by atoms with Gasteiger partial charge in [-0.25, -0.2) is 9.69 Å². The Kier molecular flexibility index (Phi) is 3.95. The fourth-order valence-electron chi connectivity index (χ4n) is 2.74. The summed E-state index contributed by atoms with van der Waals surface area (Å²) in [6, 6.07) is -0.852. The van der Waals surface area contributed by atoms with Gasteiger partial charge >= 0.3 is 6.03 Å². The third-order valence-electron chi connectivity index (χ3n) is 3.98. The van der Waals surface area contributed by atoms with Crippen LogP contribution in [-0.4, -0.2) is 36.2 Å². The van der Waals surface area contributed by atoms with E-state index in [9.17, 15) is 9.59 Å². The molecule has 1 aromatic rings. The molecule has 7 heteroatoms. The molecule has 0 bridgehead atoms. The summed E-state index contributed by atoms with van der Waals surface area (Å²) in [5.41, 5.74) is 1.34. The van der Waals surface area contributed by atoms with E-state index >= 15 is 0 Å². The van der Waals surface area contributed by atoms with Crippen molar-refractivity contribution >= 4 is 33.6 Å². The molecule has 21 heavy (non-hydrogen) atoms. The maximum atomic E-state index is 12.5. The van der Waals surface area contributed by atoms with Crippen molar-refractivity contribution in [2.45, 2.75) is 25.8 Å². The molecular weight excluding hydrogens is 338 g/mol. The van der Waals surface area contributed by atoms with Gasteiger partial charge in [-0.3, -0.25) is 9.78 Å². The van der Waals surface area contributed by atoms with Gasteiger partial charge in [-0.2, -0.15) is 0 Å². The van der Waals surface area contributed by atoms with Gasteiger partial charge < -0.3 is 10.1 Å². The Morgan fingerprint density at radius 1 is 1.48 bits per heavy atom. The molecule has 1 N–H and O–H groups in total. The lowest BCUT2D eigenvalue weighted by Gasteiger charge is -2.16. The molecule has 2 saturated heterocycles. The Morgan fingerprint density at radius 3 is 3.00 bits per heavy atom. The van der Waals surface area contributed by atoms with Gasteiger partial charge in [-0.15, -0.1) is 0 Å². The summed E-state index contributed by atoms with van der Waals surface area (Å²) < 4.78 is 6.09. The molecule has 0 aromatic carbocycles. The smallest absolute Gasteiger partial charge is 0.329 e. The van der Waals surface area contributed by atoms with Crippen molar-refractivity contribution in [3.63, 3.8) is 0 Å². The zero-order chi connectivity index (χ0) is 15.0. The molecule has 6 nitrogen and oxygen atoms in total. The minimum absolute atomic E-state index is 0.213. The molecule has 0 spiro atoms. The summed E-state index contributed by atoms with van der Waals surface area (Å²) in [4.78, 5) is 29.9. The first kappa shape index (κ1) is 14.5. The number of hydrogen-bond donors (Lipinski definition) is 1. The lowest BCUT2D eigenvalue weighted by atomic mass is 9.99. The molecule has 1 aromatic heterocycles. The number of aromatic nitrogens is 1. The van der Waals surface area contributed by atoms with Crippen molar-refractivity contribution in [1.29, 1.82) is 0 Å². The number of anilines is 1. The van der Waals surface area contributed by atoms with Crippen molar-refractivity contribution in [2.24, 2.45) is 5.92 Å². The van der Waals surface area contributed by atoms with Crippen LogP contribution in [-0.2, 0) is 9.53 Å². The van der Waals surface area contributed by atoms with Crippen molar-refractivity contribution in [3.8, 4) is 0 Å². The Morgan fingerprint density at radius 2 is 2.29 bits per heavy atom. The summed E-state index contributed by atoms with van der Waals surface area (Å²) in [6.45, 7) is 3.24. The number of rotatable bonds is 3. The number of amides is 3. The van der Waals surface area contributed by atoms with Crippen LogP contribution < -0.4 is 10.2 Å². The van der Waals surface area contributed by atoms with E-state index in [1.165, 1.54) is 4.90 Å². The topological polar surface area (TPSA) is 71.5 Å². The highest BCUT2D eigenvalue weighted by Gasteiger charge is 2.41. The van der Waals surface area contributed by atoms with Crippen molar-refractivity contribution < 1.29 is 14.3 Å². The van der Waals surface area contributed by atoms with Crippen LogP contribution in [0.3, 0.4) is 0 Å². The standard InChI is InChI=1S/C14H16BrN3O3/c1-8-10(15)5-16-6-12(8)18-13(19)11(17-14(18)20)4-9-2-3-21-7-9/h5-6,9,11H,2-4,7H2,1H3,(H,17,20). The number of hydrogen-bond acceptors (Lipinski definition) is 4. The molecule has 112 valence electrons. The summed E-state index contributed by atoms with van der Waals surface area (Å²) in [5, 5.41) is 2.76. The maximum absolute atomic E-state index is 12.5. The molecule has 3 rings (SSSR count). The van der Waals surface area contributed by atoms with Gasteiger partial charge in [0.25, 0.3) is 5.91 Å². The maximum Gasteiger partial charge on any atom is 0.329 e. The van der Waals surface area contributed by atoms with E-state index < -0.39 is 6.04 Å². The second kappa shape index (κ2) is 5.73. The average molecular weight is 354 g/mol. The van der Waals surface area contributed by atoms with E-state index in [0.717, 1.165) is 23.1 Å². The first-order valence-electron chi connectivity index (χ1n) is 6.90. The van der Waals surface area contributed by atoms with Crippen LogP contribution in [0.4, 0.5) is 10.5 Å². The Labute approximate surface area is 131 Å². The van der Waals surface area contributed by atoms with Gasteiger partial charge in [0.2, 0.25) is 0 Å². The summed E-state index contributed by atoms with van der Waals surface area (Å²) in [7, 11) is 0. The second-order valence-electron chi connectivity index (χ2n) is 5.41. The number of urea groups is 1. The molecule has 2 unspecified atom stereocenters. The SMILES string of the molecule is Cc1c(Br)cncc1N1C(=O)NC(CC2CCOC2)C1=O. The zero-order valence-corrected chi connectivity index (χ0v) is 13.2. The minimum Gasteiger partial charge on any atom is -0.381 e. The molecule has 2 aliphatic rings. The quantitative estimate of drug-likeness (QED) is 0.843. The number of nitrogens with one attached hydrogen (secondary N) is 1. The highest BCUT2D eigenvalue weighted by molar-refractivity contribution is 9.10. The fraction of sp³-hybridized carbons (Fsp3) is 0.500. The van der Waals surface area contributed by atoms with E-state index in [1.807, 2.05) is 6.92 Å². The lowest BCUT2D eigenvalue weighted by molar-refractivity contribution is -0.118. The molecule has 3 heterocycles. The van der Waals surface area contributed by atoms with Crippen LogP contribution in [0.2, 0.25) is 0 Å². The van der Waals surface area contributed by atoms with Crippen LogP contribution in [0.25, 0.3) is 0 Å². The number of carbonyl (C=O) groups is 2. The lowest BCUT2D eigenvalue weighted by Crippen LogP contribution is -2.33. The predicted molar refractivity (Wildman–Crippen MR) is 80.0 cm³/mol. The van der Waals surface area contributed by atoms with Gasteiger partial charge in [-0.1, -0.05) is 0 Å².